The number of hydrogen-bond acceptors (Lipinski definition) is 1. The van der Waals surface area contributed by atoms with E-state index in [0.29, 0.717) is 0 Å². The Hall–Kier alpha value is -4.62. The fourth-order valence-electron chi connectivity index (χ4n) is 5.26. The Balaban J connectivity index is 1.36. The molecule has 222 valence electrons. The predicted molar refractivity (Wildman–Crippen MR) is 194 cm³/mol. The van der Waals surface area contributed by atoms with Gasteiger partial charge in [0.25, 0.3) is 0 Å². The van der Waals surface area contributed by atoms with Crippen molar-refractivity contribution in [2.75, 3.05) is 4.90 Å². The van der Waals surface area contributed by atoms with Crippen LogP contribution in [0.5, 0.6) is 0 Å². The first-order valence-electron chi connectivity index (χ1n) is 15.6. The molecular formula is C43H45N. The standard InChI is InChI=1S/C43H45N/c1-32-9-8-10-41(31-32)44(39-27-19-35(20-28-39)13-11-33-15-23-37(24-16-33)42(2,3)4)40-29-21-36(22-30-40)14-12-34-17-25-38(26-18-34)43(5,6)7/h8-31H,1-7H3/b13-11+,14-12+. The van der Waals surface area contributed by atoms with Gasteiger partial charge in [0.15, 0.2) is 0 Å². The molecule has 0 aliphatic rings. The molecule has 44 heavy (non-hydrogen) atoms. The molecule has 0 saturated carbocycles. The van der Waals surface area contributed by atoms with Crippen molar-refractivity contribution < 1.29 is 0 Å². The molecule has 0 unspecified atom stereocenters. The molecule has 1 nitrogen and oxygen atoms in total. The minimum atomic E-state index is 0.164. The van der Waals surface area contributed by atoms with Gasteiger partial charge in [-0.3, -0.25) is 0 Å². The Kier molecular flexibility index (Phi) is 9.06. The Morgan fingerprint density at radius 2 is 0.750 bits per heavy atom. The van der Waals surface area contributed by atoms with Crippen LogP contribution in [0.2, 0.25) is 0 Å². The van der Waals surface area contributed by atoms with Gasteiger partial charge in [-0.15, -0.1) is 0 Å². The van der Waals surface area contributed by atoms with Crippen molar-refractivity contribution in [3.8, 4) is 0 Å². The lowest BCUT2D eigenvalue weighted by Crippen LogP contribution is -2.10. The minimum absolute atomic E-state index is 0.164. The number of anilines is 3. The summed E-state index contributed by atoms with van der Waals surface area (Å²) < 4.78 is 0. The average molecular weight is 576 g/mol. The van der Waals surface area contributed by atoms with Gasteiger partial charge in [-0.2, -0.15) is 0 Å². The monoisotopic (exact) mass is 575 g/mol. The summed E-state index contributed by atoms with van der Waals surface area (Å²) in [5.41, 5.74) is 12.4. The van der Waals surface area contributed by atoms with Gasteiger partial charge in [0, 0.05) is 17.1 Å². The molecule has 0 atom stereocenters. The van der Waals surface area contributed by atoms with Gasteiger partial charge in [0.05, 0.1) is 0 Å². The van der Waals surface area contributed by atoms with Crippen LogP contribution in [0.3, 0.4) is 0 Å². The van der Waals surface area contributed by atoms with Gasteiger partial charge in [0.2, 0.25) is 0 Å². The van der Waals surface area contributed by atoms with Crippen molar-refractivity contribution in [3.05, 3.63) is 160 Å². The van der Waals surface area contributed by atoms with Gasteiger partial charge in [-0.25, -0.2) is 0 Å². The molecular weight excluding hydrogens is 530 g/mol. The lowest BCUT2D eigenvalue weighted by molar-refractivity contribution is 0.590. The van der Waals surface area contributed by atoms with Crippen LogP contribution in [0.25, 0.3) is 24.3 Å². The van der Waals surface area contributed by atoms with E-state index in [4.69, 9.17) is 0 Å². The first-order chi connectivity index (χ1) is 21.0. The average Bonchev–Trinajstić information content (AvgIpc) is 3.00. The molecule has 0 heterocycles. The Morgan fingerprint density at radius 3 is 1.07 bits per heavy atom. The highest BCUT2D eigenvalue weighted by atomic mass is 15.1. The minimum Gasteiger partial charge on any atom is -0.310 e. The zero-order valence-electron chi connectivity index (χ0n) is 27.3. The first kappa shape index (κ1) is 30.8. The maximum Gasteiger partial charge on any atom is 0.0464 e. The van der Waals surface area contributed by atoms with Gasteiger partial charge >= 0.3 is 0 Å². The van der Waals surface area contributed by atoms with Crippen molar-refractivity contribution >= 4 is 41.4 Å². The van der Waals surface area contributed by atoms with Crippen molar-refractivity contribution in [3.63, 3.8) is 0 Å². The highest BCUT2D eigenvalue weighted by Crippen LogP contribution is 2.35. The zero-order chi connectivity index (χ0) is 31.3. The number of nitrogens with zero attached hydrogens (tertiary/aromatic N) is 1. The highest BCUT2D eigenvalue weighted by molar-refractivity contribution is 5.79. The summed E-state index contributed by atoms with van der Waals surface area (Å²) in [4.78, 5) is 2.32. The maximum atomic E-state index is 2.32. The summed E-state index contributed by atoms with van der Waals surface area (Å²) in [5.74, 6) is 0. The van der Waals surface area contributed by atoms with Crippen LogP contribution in [0.15, 0.2) is 121 Å². The summed E-state index contributed by atoms with van der Waals surface area (Å²) >= 11 is 0. The third kappa shape index (κ3) is 7.85. The van der Waals surface area contributed by atoms with Crippen molar-refractivity contribution in [2.24, 2.45) is 0 Å². The van der Waals surface area contributed by atoms with E-state index in [9.17, 15) is 0 Å². The van der Waals surface area contributed by atoms with Crippen LogP contribution >= 0.6 is 0 Å². The van der Waals surface area contributed by atoms with Crippen molar-refractivity contribution in [1.29, 1.82) is 0 Å². The Morgan fingerprint density at radius 1 is 0.409 bits per heavy atom. The van der Waals surface area contributed by atoms with Crippen LogP contribution < -0.4 is 4.90 Å². The molecule has 0 fully saturated rings. The lowest BCUT2D eigenvalue weighted by atomic mass is 9.87. The van der Waals surface area contributed by atoms with Gasteiger partial charge < -0.3 is 4.90 Å². The molecule has 0 radical (unpaired) electrons. The lowest BCUT2D eigenvalue weighted by Gasteiger charge is -2.26. The molecule has 0 aliphatic carbocycles. The molecule has 0 spiro atoms. The predicted octanol–water partition coefficient (Wildman–Crippen LogP) is 12.4. The first-order valence-corrected chi connectivity index (χ1v) is 15.6. The van der Waals surface area contributed by atoms with Gasteiger partial charge in [0.1, 0.15) is 0 Å². The quantitative estimate of drug-likeness (QED) is 0.174. The SMILES string of the molecule is Cc1cccc(N(c2ccc(/C=C/c3ccc(C(C)(C)C)cc3)cc2)c2ccc(/C=C/c3ccc(C(C)(C)C)cc3)cc2)c1. The molecule has 5 aromatic carbocycles. The molecule has 0 aromatic heterocycles. The van der Waals surface area contributed by atoms with Crippen LogP contribution in [0, 0.1) is 6.92 Å². The molecule has 0 saturated heterocycles. The largest absolute Gasteiger partial charge is 0.310 e. The number of aryl methyl sites for hydroxylation is 1. The molecule has 0 bridgehead atoms. The Labute approximate surface area is 265 Å². The van der Waals surface area contributed by atoms with E-state index in [-0.39, 0.29) is 10.8 Å². The second-order valence-corrected chi connectivity index (χ2v) is 13.8. The molecule has 5 aromatic rings. The summed E-state index contributed by atoms with van der Waals surface area (Å²) in [7, 11) is 0. The van der Waals surface area contributed by atoms with Gasteiger partial charge in [-0.05, 0) is 93.1 Å². The molecule has 0 aliphatic heterocycles. The van der Waals surface area contributed by atoms with Crippen molar-refractivity contribution in [2.45, 2.75) is 59.3 Å². The molecule has 0 amide bonds. The fraction of sp³-hybridized carbons (Fsp3) is 0.209. The fourth-order valence-corrected chi connectivity index (χ4v) is 5.26. The van der Waals surface area contributed by atoms with Crippen LogP contribution in [0.1, 0.15) is 80.5 Å². The van der Waals surface area contributed by atoms with E-state index >= 15 is 0 Å². The topological polar surface area (TPSA) is 3.24 Å². The number of benzene rings is 5. The summed E-state index contributed by atoms with van der Waals surface area (Å²) in [6.07, 6.45) is 8.74. The summed E-state index contributed by atoms with van der Waals surface area (Å²) in [6, 6.07) is 44.0. The molecule has 5 rings (SSSR count). The van der Waals surface area contributed by atoms with Crippen LogP contribution in [-0.2, 0) is 10.8 Å². The second kappa shape index (κ2) is 12.9. The van der Waals surface area contributed by atoms with E-state index in [2.05, 4.69) is 199 Å². The van der Waals surface area contributed by atoms with E-state index in [1.807, 2.05) is 0 Å². The van der Waals surface area contributed by atoms with Gasteiger partial charge in [-0.1, -0.05) is 151 Å². The number of hydrogen-bond donors (Lipinski definition) is 0. The number of rotatable bonds is 7. The smallest absolute Gasteiger partial charge is 0.0464 e. The maximum absolute atomic E-state index is 2.32. The summed E-state index contributed by atoms with van der Waals surface area (Å²) in [6.45, 7) is 15.6. The van der Waals surface area contributed by atoms with E-state index in [1.54, 1.807) is 0 Å². The van der Waals surface area contributed by atoms with E-state index in [1.165, 1.54) is 38.9 Å². The Bertz CT molecular complexity index is 1610. The highest BCUT2D eigenvalue weighted by Gasteiger charge is 2.14. The second-order valence-electron chi connectivity index (χ2n) is 13.8. The van der Waals surface area contributed by atoms with E-state index < -0.39 is 0 Å². The van der Waals surface area contributed by atoms with E-state index in [0.717, 1.165) is 17.1 Å². The summed E-state index contributed by atoms with van der Waals surface area (Å²) in [5, 5.41) is 0. The van der Waals surface area contributed by atoms with Crippen LogP contribution in [-0.4, -0.2) is 0 Å². The zero-order valence-corrected chi connectivity index (χ0v) is 27.3. The van der Waals surface area contributed by atoms with Crippen LogP contribution in [0.4, 0.5) is 17.1 Å². The molecule has 0 N–H and O–H groups in total. The third-order valence-electron chi connectivity index (χ3n) is 8.05. The normalized spacial score (nSPS) is 12.2. The third-order valence-corrected chi connectivity index (χ3v) is 8.05. The molecule has 1 heteroatoms. The van der Waals surface area contributed by atoms with Crippen molar-refractivity contribution in [1.82, 2.24) is 0 Å².